The van der Waals surface area contributed by atoms with Gasteiger partial charge in [0.2, 0.25) is 0 Å². The molecule has 0 aromatic carbocycles. The molecule has 100 valence electrons. The molecule has 1 saturated heterocycles. The summed E-state index contributed by atoms with van der Waals surface area (Å²) < 4.78 is 27.6. The molecule has 3 rings (SSSR count). The van der Waals surface area contributed by atoms with Crippen LogP contribution >= 0.6 is 7.82 Å². The monoisotopic (exact) mass is 283 g/mol. The van der Waals surface area contributed by atoms with Gasteiger partial charge in [-0.3, -0.25) is 13.8 Å². The Morgan fingerprint density at radius 3 is 2.89 bits per heavy atom. The van der Waals surface area contributed by atoms with E-state index in [0.29, 0.717) is 11.9 Å². The Labute approximate surface area is 107 Å². The molecule has 1 aliphatic rings. The maximum Gasteiger partial charge on any atom is 0.549 e. The van der Waals surface area contributed by atoms with Gasteiger partial charge >= 0.3 is 13.4 Å². The lowest BCUT2D eigenvalue weighted by molar-refractivity contribution is 0.0659. The molecule has 8 nitrogen and oxygen atoms in total. The van der Waals surface area contributed by atoms with Crippen molar-refractivity contribution in [2.24, 2.45) is 0 Å². The summed E-state index contributed by atoms with van der Waals surface area (Å²) in [6.45, 7) is 0.510. The van der Waals surface area contributed by atoms with E-state index in [9.17, 15) is 9.36 Å². The Morgan fingerprint density at radius 1 is 1.32 bits per heavy atom. The third-order valence-electron chi connectivity index (χ3n) is 2.47. The van der Waals surface area contributed by atoms with Crippen LogP contribution in [-0.4, -0.2) is 27.9 Å². The van der Waals surface area contributed by atoms with E-state index in [0.717, 1.165) is 11.1 Å². The Morgan fingerprint density at radius 2 is 2.11 bits per heavy atom. The molecule has 3 heterocycles. The second-order valence-electron chi connectivity index (χ2n) is 3.80. The summed E-state index contributed by atoms with van der Waals surface area (Å²) in [5.41, 5.74) is -0.0247. The van der Waals surface area contributed by atoms with Gasteiger partial charge < -0.3 is 4.62 Å². The average molecular weight is 283 g/mol. The lowest BCUT2D eigenvalue weighted by atomic mass is 10.4. The first-order valence-corrected chi connectivity index (χ1v) is 7.06. The van der Waals surface area contributed by atoms with E-state index < -0.39 is 13.4 Å². The van der Waals surface area contributed by atoms with Crippen molar-refractivity contribution in [1.82, 2.24) is 14.7 Å². The van der Waals surface area contributed by atoms with Crippen LogP contribution in [0.2, 0.25) is 0 Å². The molecule has 0 bridgehead atoms. The highest BCUT2D eigenvalue weighted by molar-refractivity contribution is 7.48. The maximum atomic E-state index is 12.0. The van der Waals surface area contributed by atoms with E-state index in [2.05, 4.69) is 9.97 Å². The number of phosphoric acid groups is 1. The first-order chi connectivity index (χ1) is 9.18. The first-order valence-electron chi connectivity index (χ1n) is 5.60. The SMILES string of the molecule is O=c1c2ncccc2ncn1OP1(=O)OCCCO1. The molecule has 2 aromatic heterocycles. The van der Waals surface area contributed by atoms with E-state index in [1.807, 2.05) is 0 Å². The number of hydrogen-bond acceptors (Lipinski definition) is 7. The van der Waals surface area contributed by atoms with E-state index in [4.69, 9.17) is 13.7 Å². The highest BCUT2D eigenvalue weighted by Crippen LogP contribution is 2.48. The number of rotatable bonds is 2. The molecule has 0 saturated carbocycles. The third-order valence-corrected chi connectivity index (χ3v) is 3.84. The van der Waals surface area contributed by atoms with Crippen molar-refractivity contribution in [3.8, 4) is 0 Å². The number of pyridine rings is 1. The van der Waals surface area contributed by atoms with E-state index in [1.165, 1.54) is 6.20 Å². The van der Waals surface area contributed by atoms with Crippen LogP contribution < -0.4 is 10.2 Å². The summed E-state index contributed by atoms with van der Waals surface area (Å²) in [5, 5.41) is 0. The Balaban J connectivity index is 1.99. The summed E-state index contributed by atoms with van der Waals surface area (Å²) >= 11 is 0. The molecule has 0 radical (unpaired) electrons. The molecule has 1 aliphatic heterocycles. The minimum atomic E-state index is -3.75. The molecule has 0 N–H and O–H groups in total. The second kappa shape index (κ2) is 4.73. The van der Waals surface area contributed by atoms with Gasteiger partial charge in [0, 0.05) is 6.20 Å². The molecule has 0 unspecified atom stereocenters. The minimum absolute atomic E-state index is 0.119. The van der Waals surface area contributed by atoms with Crippen molar-refractivity contribution in [1.29, 1.82) is 0 Å². The number of hydrogen-bond donors (Lipinski definition) is 0. The highest BCUT2D eigenvalue weighted by Gasteiger charge is 2.33. The summed E-state index contributed by atoms with van der Waals surface area (Å²) in [6, 6.07) is 3.30. The van der Waals surface area contributed by atoms with Crippen molar-refractivity contribution in [2.75, 3.05) is 13.2 Å². The number of phosphoric ester groups is 1. The summed E-state index contributed by atoms with van der Waals surface area (Å²) in [6.07, 6.45) is 3.21. The largest absolute Gasteiger partial charge is 0.549 e. The van der Waals surface area contributed by atoms with E-state index >= 15 is 0 Å². The zero-order valence-corrected chi connectivity index (χ0v) is 10.7. The first kappa shape index (κ1) is 12.3. The molecule has 0 aliphatic carbocycles. The van der Waals surface area contributed by atoms with Gasteiger partial charge in [-0.05, 0) is 18.6 Å². The predicted octanol–water partition coefficient (Wildman–Crippen LogP) is 0.765. The lowest BCUT2D eigenvalue weighted by Crippen LogP contribution is -2.28. The van der Waals surface area contributed by atoms with Crippen molar-refractivity contribution in [3.63, 3.8) is 0 Å². The quantitative estimate of drug-likeness (QED) is 0.751. The standard InChI is InChI=1S/C10H10N3O5P/c14-10-9-8(3-1-4-11-9)12-7-13(10)18-19(15)16-5-2-6-17-19/h1,3-4,7H,2,5-6H2. The van der Waals surface area contributed by atoms with Gasteiger partial charge in [-0.1, -0.05) is 0 Å². The molecule has 0 amide bonds. The summed E-state index contributed by atoms with van der Waals surface area (Å²) in [7, 11) is -3.75. The van der Waals surface area contributed by atoms with Crippen LogP contribution in [0.3, 0.4) is 0 Å². The summed E-state index contributed by atoms with van der Waals surface area (Å²) in [5.74, 6) is 0. The fourth-order valence-electron chi connectivity index (χ4n) is 1.60. The fraction of sp³-hybridized carbons (Fsp3) is 0.300. The van der Waals surface area contributed by atoms with Crippen LogP contribution in [0.25, 0.3) is 11.0 Å². The molecule has 9 heteroatoms. The Kier molecular flexibility index (Phi) is 3.06. The van der Waals surface area contributed by atoms with Gasteiger partial charge in [0.15, 0.2) is 5.52 Å². The van der Waals surface area contributed by atoms with Gasteiger partial charge in [-0.2, -0.15) is 0 Å². The van der Waals surface area contributed by atoms with Crippen molar-refractivity contribution in [2.45, 2.75) is 6.42 Å². The van der Waals surface area contributed by atoms with Crippen LogP contribution in [-0.2, 0) is 13.6 Å². The van der Waals surface area contributed by atoms with Crippen LogP contribution in [0.4, 0.5) is 0 Å². The van der Waals surface area contributed by atoms with Gasteiger partial charge in [0.1, 0.15) is 6.33 Å². The minimum Gasteiger partial charge on any atom is -0.306 e. The van der Waals surface area contributed by atoms with Gasteiger partial charge in [-0.25, -0.2) is 14.5 Å². The summed E-state index contributed by atoms with van der Waals surface area (Å²) in [4.78, 5) is 19.9. The number of fused-ring (bicyclic) bond motifs is 1. The molecule has 0 atom stereocenters. The van der Waals surface area contributed by atoms with E-state index in [1.54, 1.807) is 12.1 Å². The topological polar surface area (TPSA) is 92.5 Å². The number of nitrogens with zero attached hydrogens (tertiary/aromatic N) is 3. The van der Waals surface area contributed by atoms with Gasteiger partial charge in [0.05, 0.1) is 18.7 Å². The normalized spacial score (nSPS) is 18.3. The molecular weight excluding hydrogens is 273 g/mol. The third kappa shape index (κ3) is 2.37. The van der Waals surface area contributed by atoms with E-state index in [-0.39, 0.29) is 18.7 Å². The zero-order valence-electron chi connectivity index (χ0n) is 9.76. The zero-order chi connectivity index (χ0) is 13.3. The second-order valence-corrected chi connectivity index (χ2v) is 5.37. The fourth-order valence-corrected chi connectivity index (χ4v) is 2.81. The Bertz CT molecular complexity index is 706. The number of aromatic nitrogens is 3. The molecule has 19 heavy (non-hydrogen) atoms. The van der Waals surface area contributed by atoms with Gasteiger partial charge in [0.25, 0.3) is 0 Å². The van der Waals surface area contributed by atoms with Crippen LogP contribution in [0, 0.1) is 0 Å². The predicted molar refractivity (Wildman–Crippen MR) is 64.5 cm³/mol. The van der Waals surface area contributed by atoms with Gasteiger partial charge in [-0.15, -0.1) is 4.73 Å². The molecule has 2 aromatic rings. The molecule has 1 fully saturated rings. The Hall–Kier alpha value is -1.76. The average Bonchev–Trinajstić information content (AvgIpc) is 2.43. The maximum absolute atomic E-state index is 12.0. The highest BCUT2D eigenvalue weighted by atomic mass is 31.2. The molecular formula is C10H10N3O5P. The van der Waals surface area contributed by atoms with Crippen LogP contribution in [0.5, 0.6) is 0 Å². The van der Waals surface area contributed by atoms with Crippen molar-refractivity contribution >= 4 is 18.9 Å². The smallest absolute Gasteiger partial charge is 0.306 e. The lowest BCUT2D eigenvalue weighted by Gasteiger charge is -2.21. The van der Waals surface area contributed by atoms with Crippen molar-refractivity contribution < 1.29 is 18.2 Å². The molecule has 0 spiro atoms. The van der Waals surface area contributed by atoms with Crippen LogP contribution in [0.15, 0.2) is 29.5 Å². The van der Waals surface area contributed by atoms with Crippen LogP contribution in [0.1, 0.15) is 6.42 Å². The van der Waals surface area contributed by atoms with Crippen molar-refractivity contribution in [3.05, 3.63) is 35.0 Å².